The number of alkyl carbamates (subject to hydrolysis) is 1. The second kappa shape index (κ2) is 11.0. The summed E-state index contributed by atoms with van der Waals surface area (Å²) in [5, 5.41) is 2.51. The molecule has 1 amide bonds. The van der Waals surface area contributed by atoms with Gasteiger partial charge >= 0.3 is 18.0 Å². The smallest absolute Gasteiger partial charge is 0.408 e. The highest BCUT2D eigenvalue weighted by molar-refractivity contribution is 5.90. The minimum atomic E-state index is -1.02. The second-order valence-electron chi connectivity index (χ2n) is 9.60. The van der Waals surface area contributed by atoms with Crippen LogP contribution in [0, 0.1) is 0 Å². The van der Waals surface area contributed by atoms with Crippen molar-refractivity contribution >= 4 is 18.0 Å². The Labute approximate surface area is 195 Å². The van der Waals surface area contributed by atoms with Crippen molar-refractivity contribution < 1.29 is 28.6 Å². The van der Waals surface area contributed by atoms with Crippen LogP contribution in [0.3, 0.4) is 0 Å². The first kappa shape index (κ1) is 25.9. The van der Waals surface area contributed by atoms with E-state index >= 15 is 0 Å². The molecule has 0 saturated carbocycles. The number of carbonyl (C=O) groups excluding carboxylic acids is 3. The van der Waals surface area contributed by atoms with Crippen molar-refractivity contribution in [1.82, 2.24) is 5.32 Å². The van der Waals surface area contributed by atoms with E-state index in [-0.39, 0.29) is 13.0 Å². The molecule has 0 aliphatic carbocycles. The largest absolute Gasteiger partial charge is 0.462 e. The zero-order valence-electron chi connectivity index (χ0n) is 20.1. The highest BCUT2D eigenvalue weighted by Crippen LogP contribution is 2.19. The van der Waals surface area contributed by atoms with Crippen LogP contribution in [0.25, 0.3) is 11.1 Å². The van der Waals surface area contributed by atoms with Crippen LogP contribution in [-0.4, -0.2) is 41.9 Å². The molecule has 1 atom stereocenters. The fraction of sp³-hybridized carbons (Fsp3) is 0.423. The molecule has 0 bridgehead atoms. The first-order chi connectivity index (χ1) is 15.3. The van der Waals surface area contributed by atoms with Crippen molar-refractivity contribution in [3.8, 4) is 11.1 Å². The van der Waals surface area contributed by atoms with Crippen LogP contribution < -0.4 is 5.32 Å². The molecular weight excluding hydrogens is 422 g/mol. The average Bonchev–Trinajstić information content (AvgIpc) is 2.71. The SMILES string of the molecule is CC(C)(C)OC(=O)N[C@@H](CCOC(=O)c1ccc(-c2ccccc2)cc1)C(=O)OC(C)(C)C. The van der Waals surface area contributed by atoms with E-state index < -0.39 is 35.3 Å². The monoisotopic (exact) mass is 455 g/mol. The summed E-state index contributed by atoms with van der Waals surface area (Å²) in [7, 11) is 0. The Balaban J connectivity index is 1.97. The zero-order chi connectivity index (χ0) is 24.6. The van der Waals surface area contributed by atoms with E-state index in [1.807, 2.05) is 42.5 Å². The number of ether oxygens (including phenoxy) is 3. The normalized spacial score (nSPS) is 12.4. The molecule has 0 fully saturated rings. The minimum Gasteiger partial charge on any atom is -0.462 e. The highest BCUT2D eigenvalue weighted by Gasteiger charge is 2.29. The molecule has 2 aromatic rings. The molecule has 33 heavy (non-hydrogen) atoms. The zero-order valence-corrected chi connectivity index (χ0v) is 20.1. The molecule has 0 aliphatic rings. The Morgan fingerprint density at radius 1 is 0.788 bits per heavy atom. The lowest BCUT2D eigenvalue weighted by molar-refractivity contribution is -0.157. The summed E-state index contributed by atoms with van der Waals surface area (Å²) in [6, 6.07) is 15.9. The molecule has 0 heterocycles. The number of nitrogens with one attached hydrogen (secondary N) is 1. The number of amides is 1. The first-order valence-electron chi connectivity index (χ1n) is 10.9. The molecule has 0 aromatic heterocycles. The molecule has 0 unspecified atom stereocenters. The second-order valence-corrected chi connectivity index (χ2v) is 9.60. The van der Waals surface area contributed by atoms with Gasteiger partial charge in [0, 0.05) is 6.42 Å². The van der Waals surface area contributed by atoms with Gasteiger partial charge in [0.1, 0.15) is 17.2 Å². The van der Waals surface area contributed by atoms with E-state index in [1.54, 1.807) is 53.7 Å². The molecule has 2 aromatic carbocycles. The van der Waals surface area contributed by atoms with Crippen molar-refractivity contribution in [3.63, 3.8) is 0 Å². The Hall–Kier alpha value is -3.35. The van der Waals surface area contributed by atoms with Crippen LogP contribution in [0.1, 0.15) is 58.3 Å². The number of hydrogen-bond donors (Lipinski definition) is 1. The van der Waals surface area contributed by atoms with E-state index in [1.165, 1.54) is 0 Å². The summed E-state index contributed by atoms with van der Waals surface area (Å²) in [5.41, 5.74) is 0.969. The van der Waals surface area contributed by atoms with Gasteiger partial charge in [-0.25, -0.2) is 14.4 Å². The lowest BCUT2D eigenvalue weighted by Gasteiger charge is -2.26. The first-order valence-corrected chi connectivity index (χ1v) is 10.9. The van der Waals surface area contributed by atoms with Gasteiger partial charge in [0.15, 0.2) is 0 Å². The molecular formula is C26H33NO6. The predicted molar refractivity (Wildman–Crippen MR) is 126 cm³/mol. The van der Waals surface area contributed by atoms with E-state index in [4.69, 9.17) is 14.2 Å². The summed E-state index contributed by atoms with van der Waals surface area (Å²) < 4.78 is 15.9. The van der Waals surface area contributed by atoms with Crippen molar-refractivity contribution in [2.24, 2.45) is 0 Å². The summed E-state index contributed by atoms with van der Waals surface area (Å²) in [6.07, 6.45) is -0.705. The molecule has 0 spiro atoms. The van der Waals surface area contributed by atoms with Gasteiger partial charge in [-0.2, -0.15) is 0 Å². The lowest BCUT2D eigenvalue weighted by atomic mass is 10.0. The molecule has 7 heteroatoms. The van der Waals surface area contributed by atoms with Gasteiger partial charge in [0.25, 0.3) is 0 Å². The van der Waals surface area contributed by atoms with Gasteiger partial charge in [-0.1, -0.05) is 42.5 Å². The van der Waals surface area contributed by atoms with E-state index in [9.17, 15) is 14.4 Å². The molecule has 0 saturated heterocycles. The molecule has 2 rings (SSSR count). The van der Waals surface area contributed by atoms with Gasteiger partial charge in [0.05, 0.1) is 12.2 Å². The molecule has 0 radical (unpaired) electrons. The molecule has 178 valence electrons. The van der Waals surface area contributed by atoms with Gasteiger partial charge < -0.3 is 19.5 Å². The Morgan fingerprint density at radius 2 is 1.33 bits per heavy atom. The van der Waals surface area contributed by atoms with Crippen LogP contribution in [0.5, 0.6) is 0 Å². The fourth-order valence-electron chi connectivity index (χ4n) is 2.85. The van der Waals surface area contributed by atoms with Crippen molar-refractivity contribution in [2.45, 2.75) is 65.2 Å². The number of hydrogen-bond acceptors (Lipinski definition) is 6. The van der Waals surface area contributed by atoms with E-state index in [0.29, 0.717) is 5.56 Å². The predicted octanol–water partition coefficient (Wildman–Crippen LogP) is 5.14. The fourth-order valence-corrected chi connectivity index (χ4v) is 2.85. The van der Waals surface area contributed by atoms with Crippen LogP contribution in [0.15, 0.2) is 54.6 Å². The number of carbonyl (C=O) groups is 3. The third-order valence-electron chi connectivity index (χ3n) is 4.25. The summed E-state index contributed by atoms with van der Waals surface area (Å²) >= 11 is 0. The van der Waals surface area contributed by atoms with E-state index in [2.05, 4.69) is 5.32 Å². The topological polar surface area (TPSA) is 90.9 Å². The summed E-state index contributed by atoms with van der Waals surface area (Å²) in [4.78, 5) is 37.1. The van der Waals surface area contributed by atoms with Crippen LogP contribution in [0.4, 0.5) is 4.79 Å². The maximum Gasteiger partial charge on any atom is 0.408 e. The number of rotatable bonds is 7. The standard InChI is InChI=1S/C26H33NO6/c1-25(2,3)32-23(29)21(27-24(30)33-26(4,5)6)16-17-31-22(28)20-14-12-19(13-15-20)18-10-8-7-9-11-18/h7-15,21H,16-17H2,1-6H3,(H,27,30)/t21-/m0/s1. The quantitative estimate of drug-likeness (QED) is 0.459. The summed E-state index contributed by atoms with van der Waals surface area (Å²) in [6.45, 7) is 10.3. The van der Waals surface area contributed by atoms with Gasteiger partial charge in [-0.3, -0.25) is 0 Å². The average molecular weight is 456 g/mol. The van der Waals surface area contributed by atoms with Crippen molar-refractivity contribution in [2.75, 3.05) is 6.61 Å². The number of esters is 2. The highest BCUT2D eigenvalue weighted by atomic mass is 16.6. The Bertz CT molecular complexity index is 939. The van der Waals surface area contributed by atoms with Crippen LogP contribution in [-0.2, 0) is 19.0 Å². The molecule has 1 N–H and O–H groups in total. The Kier molecular flexibility index (Phi) is 8.63. The van der Waals surface area contributed by atoms with Crippen LogP contribution >= 0.6 is 0 Å². The van der Waals surface area contributed by atoms with Crippen LogP contribution in [0.2, 0.25) is 0 Å². The molecule has 7 nitrogen and oxygen atoms in total. The summed E-state index contributed by atoms with van der Waals surface area (Å²) in [5.74, 6) is -1.15. The van der Waals surface area contributed by atoms with Gasteiger partial charge in [-0.05, 0) is 64.8 Å². The third-order valence-corrected chi connectivity index (χ3v) is 4.25. The third kappa shape index (κ3) is 9.35. The maximum atomic E-state index is 12.5. The van der Waals surface area contributed by atoms with Crippen molar-refractivity contribution in [3.05, 3.63) is 60.2 Å². The maximum absolute atomic E-state index is 12.5. The number of benzene rings is 2. The lowest BCUT2D eigenvalue weighted by Crippen LogP contribution is -2.46. The van der Waals surface area contributed by atoms with Gasteiger partial charge in [-0.15, -0.1) is 0 Å². The van der Waals surface area contributed by atoms with Crippen molar-refractivity contribution in [1.29, 1.82) is 0 Å². The van der Waals surface area contributed by atoms with E-state index in [0.717, 1.165) is 11.1 Å². The Morgan fingerprint density at radius 3 is 1.88 bits per heavy atom. The minimum absolute atomic E-state index is 0.0436. The van der Waals surface area contributed by atoms with Gasteiger partial charge in [0.2, 0.25) is 0 Å². The molecule has 0 aliphatic heterocycles.